The normalized spacial score (nSPS) is 12.8. The molecule has 2 amide bonds. The molecule has 1 aromatic rings. The Morgan fingerprint density at radius 3 is 2.65 bits per heavy atom. The molecule has 1 rings (SSSR count). The van der Waals surface area contributed by atoms with Crippen molar-refractivity contribution in [3.63, 3.8) is 0 Å². The molecule has 0 bridgehead atoms. The Kier molecular flexibility index (Phi) is 5.54. The summed E-state index contributed by atoms with van der Waals surface area (Å²) in [5, 5.41) is 14.3. The average Bonchev–Trinajstić information content (AvgIpc) is 2.75. The molecule has 0 fully saturated rings. The molecule has 0 saturated heterocycles. The first-order valence-electron chi connectivity index (χ1n) is 6.49. The lowest BCUT2D eigenvalue weighted by Crippen LogP contribution is -2.44. The molecule has 0 aliphatic heterocycles. The van der Waals surface area contributed by atoms with Crippen LogP contribution in [0, 0.1) is 5.41 Å². The molecule has 1 aromatic heterocycles. The molecule has 7 heteroatoms. The maximum atomic E-state index is 11.8. The SMILES string of the molecule is CC(C)(C)CC(CC(=O)O)NC(=O)NCc1cnc[nH]1. The number of carboxylic acid groups (broad SMARTS) is 1. The number of rotatable bonds is 6. The molecule has 1 heterocycles. The van der Waals surface area contributed by atoms with Gasteiger partial charge in [-0.15, -0.1) is 0 Å². The molecule has 20 heavy (non-hydrogen) atoms. The van der Waals surface area contributed by atoms with Gasteiger partial charge in [0.25, 0.3) is 0 Å². The van der Waals surface area contributed by atoms with E-state index in [1.54, 1.807) is 6.20 Å². The van der Waals surface area contributed by atoms with Crippen molar-refractivity contribution in [3.8, 4) is 0 Å². The molecular formula is C13H22N4O3. The maximum absolute atomic E-state index is 11.8. The molecule has 0 aromatic carbocycles. The number of hydrogen-bond acceptors (Lipinski definition) is 3. The summed E-state index contributed by atoms with van der Waals surface area (Å²) in [4.78, 5) is 29.3. The number of aromatic amines is 1. The maximum Gasteiger partial charge on any atom is 0.315 e. The van der Waals surface area contributed by atoms with E-state index in [-0.39, 0.29) is 17.9 Å². The zero-order chi connectivity index (χ0) is 15.2. The number of hydrogen-bond donors (Lipinski definition) is 4. The Hall–Kier alpha value is -2.05. The predicted octanol–water partition coefficient (Wildman–Crippen LogP) is 1.49. The number of aliphatic carboxylic acids is 1. The van der Waals surface area contributed by atoms with Gasteiger partial charge in [0.2, 0.25) is 0 Å². The topological polar surface area (TPSA) is 107 Å². The first-order valence-corrected chi connectivity index (χ1v) is 6.49. The Morgan fingerprint density at radius 2 is 2.15 bits per heavy atom. The lowest BCUT2D eigenvalue weighted by molar-refractivity contribution is -0.137. The number of carboxylic acids is 1. The van der Waals surface area contributed by atoms with E-state index in [9.17, 15) is 9.59 Å². The number of H-pyrrole nitrogens is 1. The third-order valence-corrected chi connectivity index (χ3v) is 2.61. The number of imidazole rings is 1. The number of nitrogens with zero attached hydrogens (tertiary/aromatic N) is 1. The standard InChI is InChI=1S/C13H22N4O3/c1-13(2,3)5-9(4-11(18)19)17-12(20)15-7-10-6-14-8-16-10/h6,8-9H,4-5,7H2,1-3H3,(H,14,16)(H,18,19)(H2,15,17,20). The van der Waals surface area contributed by atoms with E-state index < -0.39 is 12.0 Å². The van der Waals surface area contributed by atoms with E-state index in [1.165, 1.54) is 6.33 Å². The van der Waals surface area contributed by atoms with Crippen molar-refractivity contribution in [1.29, 1.82) is 0 Å². The second-order valence-corrected chi connectivity index (χ2v) is 5.96. The summed E-state index contributed by atoms with van der Waals surface area (Å²) in [5.41, 5.74) is 0.724. The van der Waals surface area contributed by atoms with Gasteiger partial charge in [-0.2, -0.15) is 0 Å². The summed E-state index contributed by atoms with van der Waals surface area (Å²) in [6, 6.07) is -0.774. The second kappa shape index (κ2) is 6.93. The highest BCUT2D eigenvalue weighted by atomic mass is 16.4. The van der Waals surface area contributed by atoms with Crippen LogP contribution < -0.4 is 10.6 Å². The number of aromatic nitrogens is 2. The summed E-state index contributed by atoms with van der Waals surface area (Å²) in [5.74, 6) is -0.923. The van der Waals surface area contributed by atoms with Crippen molar-refractivity contribution in [1.82, 2.24) is 20.6 Å². The van der Waals surface area contributed by atoms with Gasteiger partial charge in [0.1, 0.15) is 0 Å². The monoisotopic (exact) mass is 282 g/mol. The van der Waals surface area contributed by atoms with Crippen molar-refractivity contribution in [2.75, 3.05) is 0 Å². The van der Waals surface area contributed by atoms with Crippen LogP contribution in [0.4, 0.5) is 4.79 Å². The van der Waals surface area contributed by atoms with Gasteiger partial charge in [-0.1, -0.05) is 20.8 Å². The molecule has 0 spiro atoms. The van der Waals surface area contributed by atoms with Crippen LogP contribution in [0.3, 0.4) is 0 Å². The average molecular weight is 282 g/mol. The third-order valence-electron chi connectivity index (χ3n) is 2.61. The molecule has 0 saturated carbocycles. The Balaban J connectivity index is 2.46. The minimum absolute atomic E-state index is 0.0588. The number of amides is 2. The first-order chi connectivity index (χ1) is 9.26. The quantitative estimate of drug-likeness (QED) is 0.634. The van der Waals surface area contributed by atoms with Gasteiger partial charge in [-0.05, 0) is 11.8 Å². The van der Waals surface area contributed by atoms with Crippen LogP contribution in [-0.4, -0.2) is 33.1 Å². The van der Waals surface area contributed by atoms with Crippen molar-refractivity contribution >= 4 is 12.0 Å². The highest BCUT2D eigenvalue weighted by Gasteiger charge is 2.22. The summed E-state index contributed by atoms with van der Waals surface area (Å²) in [7, 11) is 0. The summed E-state index contributed by atoms with van der Waals surface area (Å²) < 4.78 is 0. The number of urea groups is 1. The van der Waals surface area contributed by atoms with E-state index in [2.05, 4.69) is 20.6 Å². The van der Waals surface area contributed by atoms with Gasteiger partial charge >= 0.3 is 12.0 Å². The fourth-order valence-corrected chi connectivity index (χ4v) is 1.92. The van der Waals surface area contributed by atoms with Crippen LogP contribution in [-0.2, 0) is 11.3 Å². The van der Waals surface area contributed by atoms with Crippen molar-refractivity contribution in [2.45, 2.75) is 46.2 Å². The van der Waals surface area contributed by atoms with Crippen LogP contribution in [0.15, 0.2) is 12.5 Å². The molecular weight excluding hydrogens is 260 g/mol. The fourth-order valence-electron chi connectivity index (χ4n) is 1.92. The molecule has 1 unspecified atom stereocenters. The van der Waals surface area contributed by atoms with Gasteiger partial charge in [0.15, 0.2) is 0 Å². The molecule has 4 N–H and O–H groups in total. The molecule has 0 radical (unpaired) electrons. The minimum atomic E-state index is -0.923. The largest absolute Gasteiger partial charge is 0.481 e. The van der Waals surface area contributed by atoms with Gasteiger partial charge in [0.05, 0.1) is 25.0 Å². The highest BCUT2D eigenvalue weighted by Crippen LogP contribution is 2.22. The van der Waals surface area contributed by atoms with Gasteiger partial charge < -0.3 is 20.7 Å². The van der Waals surface area contributed by atoms with Gasteiger partial charge in [0, 0.05) is 12.2 Å². The van der Waals surface area contributed by atoms with Crippen molar-refractivity contribution < 1.29 is 14.7 Å². The summed E-state index contributed by atoms with van der Waals surface area (Å²) in [6.45, 7) is 6.34. The zero-order valence-corrected chi connectivity index (χ0v) is 12.1. The lowest BCUT2D eigenvalue weighted by Gasteiger charge is -2.25. The number of nitrogens with one attached hydrogen (secondary N) is 3. The Bertz CT molecular complexity index is 437. The molecule has 7 nitrogen and oxygen atoms in total. The van der Waals surface area contributed by atoms with E-state index >= 15 is 0 Å². The van der Waals surface area contributed by atoms with Gasteiger partial charge in [-0.25, -0.2) is 9.78 Å². The van der Waals surface area contributed by atoms with Crippen molar-refractivity contribution in [3.05, 3.63) is 18.2 Å². The lowest BCUT2D eigenvalue weighted by atomic mass is 9.87. The predicted molar refractivity (Wildman–Crippen MR) is 74.1 cm³/mol. The number of carbonyl (C=O) groups excluding carboxylic acids is 1. The highest BCUT2D eigenvalue weighted by molar-refractivity contribution is 5.75. The van der Waals surface area contributed by atoms with E-state index in [0.29, 0.717) is 13.0 Å². The first kappa shape index (κ1) is 16.0. The summed E-state index contributed by atoms with van der Waals surface area (Å²) in [6.07, 6.45) is 3.65. The van der Waals surface area contributed by atoms with Crippen LogP contribution >= 0.6 is 0 Å². The van der Waals surface area contributed by atoms with E-state index in [0.717, 1.165) is 5.69 Å². The molecule has 0 aliphatic carbocycles. The fraction of sp³-hybridized carbons (Fsp3) is 0.615. The smallest absolute Gasteiger partial charge is 0.315 e. The number of carbonyl (C=O) groups is 2. The van der Waals surface area contributed by atoms with E-state index in [1.807, 2.05) is 20.8 Å². The second-order valence-electron chi connectivity index (χ2n) is 5.96. The van der Waals surface area contributed by atoms with Crippen LogP contribution in [0.5, 0.6) is 0 Å². The van der Waals surface area contributed by atoms with Crippen molar-refractivity contribution in [2.24, 2.45) is 5.41 Å². The third kappa shape index (κ3) is 6.77. The van der Waals surface area contributed by atoms with E-state index in [4.69, 9.17) is 5.11 Å². The molecule has 1 atom stereocenters. The Labute approximate surface area is 118 Å². The Morgan fingerprint density at radius 1 is 1.45 bits per heavy atom. The zero-order valence-electron chi connectivity index (χ0n) is 12.1. The molecule has 112 valence electrons. The minimum Gasteiger partial charge on any atom is -0.481 e. The van der Waals surface area contributed by atoms with Crippen LogP contribution in [0.1, 0.15) is 39.3 Å². The van der Waals surface area contributed by atoms with Gasteiger partial charge in [-0.3, -0.25) is 4.79 Å². The van der Waals surface area contributed by atoms with Crippen LogP contribution in [0.2, 0.25) is 0 Å². The summed E-state index contributed by atoms with van der Waals surface area (Å²) >= 11 is 0. The van der Waals surface area contributed by atoms with Crippen LogP contribution in [0.25, 0.3) is 0 Å². The molecule has 0 aliphatic rings.